The molecule has 1 amide bonds. The van der Waals surface area contributed by atoms with Gasteiger partial charge < -0.3 is 10.1 Å². The molecule has 0 radical (unpaired) electrons. The Morgan fingerprint density at radius 3 is 2.64 bits per heavy atom. The molecule has 0 saturated heterocycles. The largest absolute Gasteiger partial charge is 0.494 e. The van der Waals surface area contributed by atoms with Crippen molar-refractivity contribution in [2.75, 3.05) is 6.61 Å². The third-order valence-electron chi connectivity index (χ3n) is 4.29. The quantitative estimate of drug-likeness (QED) is 0.468. The molecule has 2 aromatic carbocycles. The molecule has 0 atom stereocenters. The second kappa shape index (κ2) is 9.71. The molecule has 0 unspecified atom stereocenters. The molecule has 0 aliphatic carbocycles. The second-order valence-corrected chi connectivity index (χ2v) is 7.91. The molecule has 146 valence electrons. The Kier molecular flexibility index (Phi) is 7.06. The fraction of sp³-hybridized carbons (Fsp3) is 0.273. The summed E-state index contributed by atoms with van der Waals surface area (Å²) >= 11 is 7.81. The summed E-state index contributed by atoms with van der Waals surface area (Å²) in [6.07, 6.45) is 2.11. The highest BCUT2D eigenvalue weighted by Crippen LogP contribution is 2.32. The van der Waals surface area contributed by atoms with Crippen molar-refractivity contribution in [1.82, 2.24) is 10.3 Å². The summed E-state index contributed by atoms with van der Waals surface area (Å²) in [4.78, 5) is 18.1. The highest BCUT2D eigenvalue weighted by Gasteiger charge is 2.13. The number of carbonyl (C=O) groups excluding carboxylic acids is 1. The van der Waals surface area contributed by atoms with E-state index in [0.29, 0.717) is 23.7 Å². The lowest BCUT2D eigenvalue weighted by Gasteiger charge is -2.07. The van der Waals surface area contributed by atoms with Crippen molar-refractivity contribution in [3.05, 3.63) is 69.7 Å². The number of nitrogens with one attached hydrogen (secondary N) is 1. The van der Waals surface area contributed by atoms with Crippen LogP contribution < -0.4 is 10.1 Å². The zero-order valence-corrected chi connectivity index (χ0v) is 17.6. The molecule has 0 aliphatic heterocycles. The minimum Gasteiger partial charge on any atom is -0.494 e. The van der Waals surface area contributed by atoms with Gasteiger partial charge in [0, 0.05) is 16.0 Å². The van der Waals surface area contributed by atoms with Crippen LogP contribution >= 0.6 is 22.9 Å². The van der Waals surface area contributed by atoms with Gasteiger partial charge in [-0.15, -0.1) is 11.3 Å². The van der Waals surface area contributed by atoms with Crippen LogP contribution in [0.4, 0.5) is 0 Å². The topological polar surface area (TPSA) is 51.2 Å². The zero-order valence-electron chi connectivity index (χ0n) is 16.0. The fourth-order valence-electron chi connectivity index (χ4n) is 2.64. The first-order valence-corrected chi connectivity index (χ1v) is 10.5. The van der Waals surface area contributed by atoms with Gasteiger partial charge in [0.2, 0.25) is 0 Å². The highest BCUT2D eigenvalue weighted by molar-refractivity contribution is 7.15. The highest BCUT2D eigenvalue weighted by atomic mass is 35.5. The van der Waals surface area contributed by atoms with E-state index in [9.17, 15) is 4.79 Å². The van der Waals surface area contributed by atoms with Gasteiger partial charge in [-0.25, -0.2) is 4.98 Å². The van der Waals surface area contributed by atoms with E-state index < -0.39 is 0 Å². The van der Waals surface area contributed by atoms with E-state index in [2.05, 4.69) is 17.2 Å². The number of hydrogen-bond acceptors (Lipinski definition) is 4. The first-order valence-electron chi connectivity index (χ1n) is 9.30. The molecular weight excluding hydrogens is 392 g/mol. The summed E-state index contributed by atoms with van der Waals surface area (Å²) in [6.45, 7) is 5.20. The van der Waals surface area contributed by atoms with Crippen LogP contribution in [0.3, 0.4) is 0 Å². The number of hydrogen-bond donors (Lipinski definition) is 1. The Bertz CT molecular complexity index is 938. The molecule has 6 heteroatoms. The number of amides is 1. The van der Waals surface area contributed by atoms with E-state index in [1.165, 1.54) is 0 Å². The van der Waals surface area contributed by atoms with Gasteiger partial charge in [0.15, 0.2) is 0 Å². The van der Waals surface area contributed by atoms with Gasteiger partial charge in [0.25, 0.3) is 5.91 Å². The SMILES string of the molecule is CCCCOc1ccc(C(=O)NCc2sc(-c3ccccc3Cl)nc2C)cc1. The molecule has 0 fully saturated rings. The molecule has 3 rings (SSSR count). The van der Waals surface area contributed by atoms with Crippen LogP contribution in [0.1, 0.15) is 40.7 Å². The lowest BCUT2D eigenvalue weighted by molar-refractivity contribution is 0.0951. The molecule has 0 bridgehead atoms. The minimum atomic E-state index is -0.118. The van der Waals surface area contributed by atoms with Crippen LogP contribution in [0.15, 0.2) is 48.5 Å². The number of ether oxygens (including phenoxy) is 1. The number of halogens is 1. The van der Waals surface area contributed by atoms with E-state index in [4.69, 9.17) is 16.3 Å². The monoisotopic (exact) mass is 414 g/mol. The maximum atomic E-state index is 12.4. The number of nitrogens with zero attached hydrogens (tertiary/aromatic N) is 1. The normalized spacial score (nSPS) is 10.7. The van der Waals surface area contributed by atoms with Gasteiger partial charge in [0.1, 0.15) is 10.8 Å². The fourth-order valence-corrected chi connectivity index (χ4v) is 3.96. The first kappa shape index (κ1) is 20.4. The predicted octanol–water partition coefficient (Wildman–Crippen LogP) is 5.88. The average Bonchev–Trinajstić information content (AvgIpc) is 3.07. The lowest BCUT2D eigenvalue weighted by Crippen LogP contribution is -2.22. The van der Waals surface area contributed by atoms with E-state index in [1.807, 2.05) is 43.3 Å². The Balaban J connectivity index is 1.61. The summed E-state index contributed by atoms with van der Waals surface area (Å²) < 4.78 is 5.63. The Labute approximate surface area is 174 Å². The number of aryl methyl sites for hydroxylation is 1. The summed E-state index contributed by atoms with van der Waals surface area (Å²) in [6, 6.07) is 14.9. The molecular formula is C22H23ClN2O2S. The average molecular weight is 415 g/mol. The molecule has 3 aromatic rings. The van der Waals surface area contributed by atoms with Crippen molar-refractivity contribution in [1.29, 1.82) is 0 Å². The van der Waals surface area contributed by atoms with Gasteiger partial charge in [0.05, 0.1) is 23.9 Å². The third kappa shape index (κ3) is 5.12. The summed E-state index contributed by atoms with van der Waals surface area (Å²) in [7, 11) is 0. The van der Waals surface area contributed by atoms with Gasteiger partial charge in [-0.1, -0.05) is 43.1 Å². The number of rotatable bonds is 8. The molecule has 28 heavy (non-hydrogen) atoms. The van der Waals surface area contributed by atoms with Gasteiger partial charge in [-0.3, -0.25) is 4.79 Å². The maximum absolute atomic E-state index is 12.4. The summed E-state index contributed by atoms with van der Waals surface area (Å²) in [5.41, 5.74) is 2.42. The number of benzene rings is 2. The van der Waals surface area contributed by atoms with E-state index in [-0.39, 0.29) is 5.91 Å². The number of unbranched alkanes of at least 4 members (excludes halogenated alkanes) is 1. The summed E-state index contributed by atoms with van der Waals surface area (Å²) in [5, 5.41) is 4.50. The minimum absolute atomic E-state index is 0.118. The molecule has 0 spiro atoms. The van der Waals surface area contributed by atoms with Crippen molar-refractivity contribution in [3.8, 4) is 16.3 Å². The number of aromatic nitrogens is 1. The van der Waals surface area contributed by atoms with Crippen LogP contribution in [0.5, 0.6) is 5.75 Å². The molecule has 1 aromatic heterocycles. The predicted molar refractivity (Wildman–Crippen MR) is 115 cm³/mol. The van der Waals surface area contributed by atoms with Crippen LogP contribution in [0, 0.1) is 6.92 Å². The van der Waals surface area contributed by atoms with Crippen molar-refractivity contribution in [2.45, 2.75) is 33.2 Å². The second-order valence-electron chi connectivity index (χ2n) is 6.42. The number of thiazole rings is 1. The van der Waals surface area contributed by atoms with E-state index >= 15 is 0 Å². The van der Waals surface area contributed by atoms with Crippen molar-refractivity contribution in [2.24, 2.45) is 0 Å². The standard InChI is InChI=1S/C22H23ClN2O2S/c1-3-4-13-27-17-11-9-16(10-12-17)21(26)24-14-20-15(2)25-22(28-20)18-7-5-6-8-19(18)23/h5-12H,3-4,13-14H2,1-2H3,(H,24,26). The van der Waals surface area contributed by atoms with E-state index in [0.717, 1.165) is 39.7 Å². The molecule has 1 heterocycles. The van der Waals surface area contributed by atoms with Crippen LogP contribution in [-0.2, 0) is 6.54 Å². The molecule has 0 aliphatic rings. The van der Waals surface area contributed by atoms with Crippen LogP contribution in [0.2, 0.25) is 5.02 Å². The van der Waals surface area contributed by atoms with Crippen molar-refractivity contribution in [3.63, 3.8) is 0 Å². The first-order chi connectivity index (χ1) is 13.6. The Morgan fingerprint density at radius 1 is 1.18 bits per heavy atom. The molecule has 4 nitrogen and oxygen atoms in total. The Morgan fingerprint density at radius 2 is 1.93 bits per heavy atom. The Hall–Kier alpha value is -2.37. The van der Waals surface area contributed by atoms with E-state index in [1.54, 1.807) is 23.5 Å². The maximum Gasteiger partial charge on any atom is 0.251 e. The van der Waals surface area contributed by atoms with Crippen LogP contribution in [0.25, 0.3) is 10.6 Å². The van der Waals surface area contributed by atoms with Gasteiger partial charge in [-0.2, -0.15) is 0 Å². The third-order valence-corrected chi connectivity index (χ3v) is 5.81. The van der Waals surface area contributed by atoms with Gasteiger partial charge >= 0.3 is 0 Å². The number of carbonyl (C=O) groups is 1. The van der Waals surface area contributed by atoms with Gasteiger partial charge in [-0.05, 0) is 43.7 Å². The van der Waals surface area contributed by atoms with Crippen molar-refractivity contribution >= 4 is 28.8 Å². The van der Waals surface area contributed by atoms with Crippen LogP contribution in [-0.4, -0.2) is 17.5 Å². The smallest absolute Gasteiger partial charge is 0.251 e. The molecule has 0 saturated carbocycles. The zero-order chi connectivity index (χ0) is 19.9. The summed E-state index contributed by atoms with van der Waals surface area (Å²) in [5.74, 6) is 0.667. The molecule has 1 N–H and O–H groups in total. The van der Waals surface area contributed by atoms with Crippen molar-refractivity contribution < 1.29 is 9.53 Å². The lowest BCUT2D eigenvalue weighted by atomic mass is 10.2.